The Labute approximate surface area is 157 Å². The Balaban J connectivity index is 1.35. The van der Waals surface area contributed by atoms with Crippen molar-refractivity contribution in [3.05, 3.63) is 60.2 Å². The van der Waals surface area contributed by atoms with Crippen molar-refractivity contribution >= 4 is 5.91 Å². The molecule has 2 aromatic heterocycles. The van der Waals surface area contributed by atoms with E-state index in [-0.39, 0.29) is 5.91 Å². The van der Waals surface area contributed by atoms with Gasteiger partial charge in [-0.3, -0.25) is 4.79 Å². The molecule has 3 aromatic rings. The van der Waals surface area contributed by atoms with Gasteiger partial charge in [-0.1, -0.05) is 30.3 Å². The Bertz CT molecular complexity index is 880. The van der Waals surface area contributed by atoms with Gasteiger partial charge < -0.3 is 9.47 Å². The molecule has 0 unspecified atom stereocenters. The zero-order valence-electron chi connectivity index (χ0n) is 15.4. The molecule has 3 heterocycles. The predicted octanol–water partition coefficient (Wildman–Crippen LogP) is 1.40. The molecular weight excluding hydrogens is 342 g/mol. The van der Waals surface area contributed by atoms with E-state index in [1.54, 1.807) is 11.0 Å². The fourth-order valence-electron chi connectivity index (χ4n) is 3.60. The molecule has 0 radical (unpaired) electrons. The molecule has 0 saturated carbocycles. The number of benzene rings is 1. The van der Waals surface area contributed by atoms with Crippen molar-refractivity contribution in [3.63, 3.8) is 0 Å². The lowest BCUT2D eigenvalue weighted by Crippen LogP contribution is -2.39. The van der Waals surface area contributed by atoms with Gasteiger partial charge in [-0.05, 0) is 18.4 Å². The molecule has 1 amide bonds. The molecule has 27 heavy (non-hydrogen) atoms. The van der Waals surface area contributed by atoms with Crippen LogP contribution in [0.4, 0.5) is 0 Å². The Morgan fingerprint density at radius 3 is 2.63 bits per heavy atom. The molecule has 1 fully saturated rings. The van der Waals surface area contributed by atoms with Gasteiger partial charge in [0, 0.05) is 26.1 Å². The maximum Gasteiger partial charge on any atom is 0.226 e. The van der Waals surface area contributed by atoms with Crippen LogP contribution >= 0.6 is 0 Å². The number of rotatable bonds is 5. The number of carbonyl (C=O) groups is 1. The largest absolute Gasteiger partial charge is 0.342 e. The van der Waals surface area contributed by atoms with Crippen LogP contribution in [0.25, 0.3) is 0 Å². The lowest BCUT2D eigenvalue weighted by Gasteiger charge is -2.31. The van der Waals surface area contributed by atoms with Crippen LogP contribution in [0.15, 0.2) is 43.0 Å². The number of nitrogens with zero attached hydrogens (tertiary/aromatic N) is 7. The molecule has 0 bridgehead atoms. The topological polar surface area (TPSA) is 81.7 Å². The first kappa shape index (κ1) is 17.4. The third-order valence-electron chi connectivity index (χ3n) is 5.18. The standard InChI is InChI=1S/C19H23N7O/c1-24-17(12-26-14-20-13-21-26)22-23-19(24)16-7-9-25(10-8-16)18(27)11-15-5-3-2-4-6-15/h2-6,13-14,16H,7-12H2,1H3. The van der Waals surface area contributed by atoms with E-state index in [0.717, 1.165) is 43.1 Å². The minimum atomic E-state index is 0.199. The summed E-state index contributed by atoms with van der Waals surface area (Å²) >= 11 is 0. The third kappa shape index (κ3) is 3.89. The number of hydrogen-bond donors (Lipinski definition) is 0. The lowest BCUT2D eigenvalue weighted by molar-refractivity contribution is -0.131. The van der Waals surface area contributed by atoms with E-state index in [4.69, 9.17) is 0 Å². The predicted molar refractivity (Wildman–Crippen MR) is 98.8 cm³/mol. The summed E-state index contributed by atoms with van der Waals surface area (Å²) in [4.78, 5) is 18.5. The summed E-state index contributed by atoms with van der Waals surface area (Å²) in [5.74, 6) is 2.37. The van der Waals surface area contributed by atoms with Crippen LogP contribution in [0.2, 0.25) is 0 Å². The molecule has 4 rings (SSSR count). The zero-order valence-corrected chi connectivity index (χ0v) is 15.4. The fourth-order valence-corrected chi connectivity index (χ4v) is 3.60. The fraction of sp³-hybridized carbons (Fsp3) is 0.421. The number of hydrogen-bond acceptors (Lipinski definition) is 5. The monoisotopic (exact) mass is 365 g/mol. The number of likely N-dealkylation sites (tertiary alicyclic amines) is 1. The molecule has 1 aliphatic heterocycles. The summed E-state index contributed by atoms with van der Waals surface area (Å²) in [7, 11) is 1.99. The highest BCUT2D eigenvalue weighted by molar-refractivity contribution is 5.78. The Morgan fingerprint density at radius 2 is 1.93 bits per heavy atom. The summed E-state index contributed by atoms with van der Waals surface area (Å²) in [5, 5.41) is 12.8. The first-order valence-electron chi connectivity index (χ1n) is 9.23. The summed E-state index contributed by atoms with van der Waals surface area (Å²) in [6, 6.07) is 9.92. The maximum absolute atomic E-state index is 12.5. The Kier molecular flexibility index (Phi) is 4.95. The van der Waals surface area contributed by atoms with E-state index in [1.165, 1.54) is 6.33 Å². The van der Waals surface area contributed by atoms with E-state index in [9.17, 15) is 4.79 Å². The first-order valence-corrected chi connectivity index (χ1v) is 9.23. The van der Waals surface area contributed by atoms with Crippen molar-refractivity contribution in [1.82, 2.24) is 34.4 Å². The zero-order chi connectivity index (χ0) is 18.6. The lowest BCUT2D eigenvalue weighted by atomic mass is 9.95. The van der Waals surface area contributed by atoms with Crippen molar-refractivity contribution in [1.29, 1.82) is 0 Å². The molecule has 8 nitrogen and oxygen atoms in total. The molecule has 140 valence electrons. The molecule has 1 aromatic carbocycles. The highest BCUT2D eigenvalue weighted by Crippen LogP contribution is 2.27. The number of carbonyl (C=O) groups excluding carboxylic acids is 1. The third-order valence-corrected chi connectivity index (χ3v) is 5.18. The molecule has 1 saturated heterocycles. The van der Waals surface area contributed by atoms with E-state index in [1.807, 2.05) is 46.8 Å². The van der Waals surface area contributed by atoms with Crippen LogP contribution in [0.5, 0.6) is 0 Å². The summed E-state index contributed by atoms with van der Waals surface area (Å²) in [6.07, 6.45) is 5.48. The highest BCUT2D eigenvalue weighted by Gasteiger charge is 2.27. The number of aromatic nitrogens is 6. The minimum absolute atomic E-state index is 0.199. The quantitative estimate of drug-likeness (QED) is 0.683. The Morgan fingerprint density at radius 1 is 1.15 bits per heavy atom. The first-order chi connectivity index (χ1) is 13.2. The average molecular weight is 365 g/mol. The van der Waals surface area contributed by atoms with Gasteiger partial charge in [-0.2, -0.15) is 5.10 Å². The summed E-state index contributed by atoms with van der Waals surface area (Å²) in [6.45, 7) is 2.08. The van der Waals surface area contributed by atoms with E-state index in [2.05, 4.69) is 20.3 Å². The second-order valence-electron chi connectivity index (χ2n) is 6.94. The van der Waals surface area contributed by atoms with E-state index >= 15 is 0 Å². The SMILES string of the molecule is Cn1c(Cn2cncn2)nnc1C1CCN(C(=O)Cc2ccccc2)CC1. The van der Waals surface area contributed by atoms with Gasteiger partial charge in [0.2, 0.25) is 5.91 Å². The maximum atomic E-state index is 12.5. The highest BCUT2D eigenvalue weighted by atomic mass is 16.2. The van der Waals surface area contributed by atoms with Crippen LogP contribution in [0.3, 0.4) is 0 Å². The summed E-state index contributed by atoms with van der Waals surface area (Å²) in [5.41, 5.74) is 1.07. The molecule has 8 heteroatoms. The van der Waals surface area contributed by atoms with Gasteiger partial charge in [-0.25, -0.2) is 9.67 Å². The minimum Gasteiger partial charge on any atom is -0.342 e. The van der Waals surface area contributed by atoms with Gasteiger partial charge in [0.25, 0.3) is 0 Å². The second kappa shape index (κ2) is 7.69. The van der Waals surface area contributed by atoms with Crippen molar-refractivity contribution in [2.75, 3.05) is 13.1 Å². The molecule has 0 aliphatic carbocycles. The Hall–Kier alpha value is -3.03. The second-order valence-corrected chi connectivity index (χ2v) is 6.94. The van der Waals surface area contributed by atoms with Crippen LogP contribution < -0.4 is 0 Å². The molecule has 0 atom stereocenters. The van der Waals surface area contributed by atoms with Crippen LogP contribution in [-0.2, 0) is 24.8 Å². The van der Waals surface area contributed by atoms with Crippen LogP contribution in [0.1, 0.15) is 36.0 Å². The normalized spacial score (nSPS) is 15.2. The molecule has 1 aliphatic rings. The van der Waals surface area contributed by atoms with Crippen molar-refractivity contribution in [2.24, 2.45) is 7.05 Å². The van der Waals surface area contributed by atoms with Gasteiger partial charge in [0.15, 0.2) is 5.82 Å². The van der Waals surface area contributed by atoms with Gasteiger partial charge >= 0.3 is 0 Å². The molecule has 0 spiro atoms. The molecular formula is C19H23N7O. The average Bonchev–Trinajstić information content (AvgIpc) is 3.34. The van der Waals surface area contributed by atoms with Gasteiger partial charge in [0.1, 0.15) is 25.0 Å². The van der Waals surface area contributed by atoms with Crippen molar-refractivity contribution in [3.8, 4) is 0 Å². The van der Waals surface area contributed by atoms with E-state index < -0.39 is 0 Å². The van der Waals surface area contributed by atoms with Crippen molar-refractivity contribution < 1.29 is 4.79 Å². The van der Waals surface area contributed by atoms with Crippen molar-refractivity contribution in [2.45, 2.75) is 31.7 Å². The summed E-state index contributed by atoms with van der Waals surface area (Å²) < 4.78 is 3.78. The van der Waals surface area contributed by atoms with Gasteiger partial charge in [0.05, 0.1) is 6.42 Å². The van der Waals surface area contributed by atoms with E-state index in [0.29, 0.717) is 18.9 Å². The van der Waals surface area contributed by atoms with Gasteiger partial charge in [-0.15, -0.1) is 10.2 Å². The molecule has 0 N–H and O–H groups in total. The number of amides is 1. The smallest absolute Gasteiger partial charge is 0.226 e. The number of piperidine rings is 1. The van der Waals surface area contributed by atoms with Crippen LogP contribution in [-0.4, -0.2) is 53.4 Å². The van der Waals surface area contributed by atoms with Crippen LogP contribution in [0, 0.1) is 0 Å².